The highest BCUT2D eigenvalue weighted by atomic mass is 35.5. The van der Waals surface area contributed by atoms with Gasteiger partial charge in [0.25, 0.3) is 0 Å². The zero-order chi connectivity index (χ0) is 47.8. The van der Waals surface area contributed by atoms with E-state index in [4.69, 9.17) is 54.1 Å². The second-order valence-electron chi connectivity index (χ2n) is 15.9. The molecule has 1 saturated heterocycles. The monoisotopic (exact) mass is 951 g/mol. The number of hydrogen-bond donors (Lipinski definition) is 3. The van der Waals surface area contributed by atoms with Gasteiger partial charge in [-0.2, -0.15) is 0 Å². The van der Waals surface area contributed by atoms with Crippen LogP contribution in [-0.4, -0.2) is 122 Å². The van der Waals surface area contributed by atoms with E-state index in [-0.39, 0.29) is 12.3 Å². The second kappa shape index (κ2) is 27.9. The van der Waals surface area contributed by atoms with Gasteiger partial charge in [0.2, 0.25) is 5.91 Å². The summed E-state index contributed by atoms with van der Waals surface area (Å²) >= 11 is 11.5. The Labute approximate surface area is 401 Å². The Balaban J connectivity index is 0.000000305. The first-order valence-corrected chi connectivity index (χ1v) is 23.5. The number of aromatic nitrogens is 2. The van der Waals surface area contributed by atoms with Crippen LogP contribution in [0.3, 0.4) is 0 Å². The van der Waals surface area contributed by atoms with E-state index >= 15 is 0 Å². The quantitative estimate of drug-likeness (QED) is 0.0210. The van der Waals surface area contributed by atoms with Gasteiger partial charge in [0.1, 0.15) is 11.6 Å². The molecule has 0 aliphatic carbocycles. The Morgan fingerprint density at radius 1 is 0.910 bits per heavy atom. The standard InChI is InChI=1S/C33H37N9O2.C14H19Cl2NO2.CH3N3/c1-41-14-16-42(17-15-41)26-9-11-28-25(19-26)22-30(37-28)23-8-10-29-31(21-23)39-33(38-29)24-5-2-6-27(20-24)44-18-3-7-32(43)35-12-4-13-36-40-34;15-8-10-17(11-9-16)13-6-4-12(5-7-13)2-1-3-14(18)19;1-3-4-2/h2,5-6,8-11,19-21H,3-4,7,12-18,22H2,1H3,(H,35,43)(H,38,39);4-7H,1-3,8-11H2,(H,18,19);1H3. The summed E-state index contributed by atoms with van der Waals surface area (Å²) in [6.07, 6.45) is 4.10. The molecule has 0 bridgehead atoms. The first-order valence-electron chi connectivity index (χ1n) is 22.4. The number of aromatic amines is 1. The summed E-state index contributed by atoms with van der Waals surface area (Å²) in [4.78, 5) is 47.7. The van der Waals surface area contributed by atoms with Gasteiger partial charge in [-0.1, -0.05) is 40.6 Å². The Kier molecular flexibility index (Phi) is 21.4. The summed E-state index contributed by atoms with van der Waals surface area (Å²) in [5, 5.41) is 17.8. The van der Waals surface area contributed by atoms with Crippen LogP contribution in [0.15, 0.2) is 100 Å². The van der Waals surface area contributed by atoms with Crippen molar-refractivity contribution in [2.75, 3.05) is 94.6 Å². The van der Waals surface area contributed by atoms with E-state index in [0.717, 1.165) is 108 Å². The lowest BCUT2D eigenvalue weighted by molar-refractivity contribution is -0.137. The number of rotatable bonds is 21. The van der Waals surface area contributed by atoms with Crippen LogP contribution in [0.25, 0.3) is 43.3 Å². The molecule has 1 amide bonds. The van der Waals surface area contributed by atoms with Crippen molar-refractivity contribution in [3.8, 4) is 17.1 Å². The number of carboxylic acid groups (broad SMARTS) is 1. The molecule has 19 heteroatoms. The smallest absolute Gasteiger partial charge is 0.303 e. The molecular weight excluding hydrogens is 894 g/mol. The van der Waals surface area contributed by atoms with Crippen LogP contribution in [0.5, 0.6) is 5.75 Å². The largest absolute Gasteiger partial charge is 0.494 e. The predicted molar refractivity (Wildman–Crippen MR) is 270 cm³/mol. The number of halogens is 2. The van der Waals surface area contributed by atoms with Crippen molar-refractivity contribution >= 4 is 68.9 Å². The number of carbonyl (C=O) groups is 2. The number of aliphatic imine (C=N–C) groups is 1. The Bertz CT molecular complexity index is 2490. The maximum atomic E-state index is 12.0. The molecule has 3 heterocycles. The van der Waals surface area contributed by atoms with Crippen LogP contribution in [-0.2, 0) is 22.4 Å². The third-order valence-corrected chi connectivity index (χ3v) is 11.4. The Hall–Kier alpha value is -6.48. The number of nitrogens with one attached hydrogen (secondary N) is 2. The van der Waals surface area contributed by atoms with Crippen molar-refractivity contribution in [1.82, 2.24) is 20.2 Å². The number of fused-ring (bicyclic) bond motifs is 2. The summed E-state index contributed by atoms with van der Waals surface area (Å²) in [7, 11) is 3.57. The van der Waals surface area contributed by atoms with Gasteiger partial charge in [0.15, 0.2) is 0 Å². The Morgan fingerprint density at radius 2 is 1.67 bits per heavy atom. The van der Waals surface area contributed by atoms with Gasteiger partial charge < -0.3 is 34.8 Å². The molecule has 0 saturated carbocycles. The molecule has 3 N–H and O–H groups in total. The summed E-state index contributed by atoms with van der Waals surface area (Å²) < 4.78 is 5.92. The van der Waals surface area contributed by atoms with E-state index in [1.807, 2.05) is 54.6 Å². The predicted octanol–water partition coefficient (Wildman–Crippen LogP) is 9.94. The van der Waals surface area contributed by atoms with Gasteiger partial charge in [-0.15, -0.1) is 23.2 Å². The fourth-order valence-electron chi connectivity index (χ4n) is 7.50. The summed E-state index contributed by atoms with van der Waals surface area (Å²) in [6.45, 7) is 7.14. The van der Waals surface area contributed by atoms with Gasteiger partial charge in [0.05, 0.1) is 29.0 Å². The van der Waals surface area contributed by atoms with Gasteiger partial charge >= 0.3 is 5.97 Å². The summed E-state index contributed by atoms with van der Waals surface area (Å²) in [6, 6.07) is 28.9. The number of azide groups is 2. The molecule has 7 rings (SSSR count). The number of nitrogens with zero attached hydrogens (tertiary/aromatic N) is 11. The van der Waals surface area contributed by atoms with Crippen molar-refractivity contribution in [3.63, 3.8) is 0 Å². The number of amides is 1. The number of benzene rings is 4. The molecule has 5 aromatic rings. The highest BCUT2D eigenvalue weighted by molar-refractivity contribution is 6.18. The normalized spacial score (nSPS) is 12.8. The average Bonchev–Trinajstić information content (AvgIpc) is 3.98. The third kappa shape index (κ3) is 16.7. The van der Waals surface area contributed by atoms with Crippen LogP contribution in [0.1, 0.15) is 48.8 Å². The van der Waals surface area contributed by atoms with Crippen LogP contribution < -0.4 is 19.9 Å². The SMILES string of the molecule is CN1CCN(c2ccc3c(c2)CC(c2ccc4nc(-c5cccc(OCCCC(=O)NCCCN=[N+]=[N-])c5)[nH]c4c2)=N3)CC1.CN=[N+]=[N-].O=C(O)CCCc1ccc(N(CCCl)CCCl)cc1. The molecule has 17 nitrogen and oxygen atoms in total. The molecule has 354 valence electrons. The first-order chi connectivity index (χ1) is 32.6. The highest BCUT2D eigenvalue weighted by Crippen LogP contribution is 2.34. The van der Waals surface area contributed by atoms with E-state index in [1.54, 1.807) is 0 Å². The number of alkyl halides is 2. The third-order valence-electron chi connectivity index (χ3n) is 11.1. The first kappa shape index (κ1) is 51.5. The summed E-state index contributed by atoms with van der Waals surface area (Å²) in [5.41, 5.74) is 26.5. The van der Waals surface area contributed by atoms with E-state index in [2.05, 4.69) is 82.4 Å². The van der Waals surface area contributed by atoms with E-state index in [9.17, 15) is 9.59 Å². The van der Waals surface area contributed by atoms with Crippen LogP contribution in [0, 0.1) is 0 Å². The number of aryl methyl sites for hydroxylation is 1. The van der Waals surface area contributed by atoms with Crippen molar-refractivity contribution in [1.29, 1.82) is 0 Å². The molecule has 67 heavy (non-hydrogen) atoms. The lowest BCUT2D eigenvalue weighted by Crippen LogP contribution is -2.44. The molecule has 2 aliphatic heterocycles. The van der Waals surface area contributed by atoms with Crippen molar-refractivity contribution in [3.05, 3.63) is 123 Å². The number of aliphatic carboxylic acids is 1. The lowest BCUT2D eigenvalue weighted by atomic mass is 10.0. The number of piperazine rings is 1. The molecule has 0 unspecified atom stereocenters. The maximum absolute atomic E-state index is 12.0. The minimum Gasteiger partial charge on any atom is -0.494 e. The molecular formula is C48H59Cl2N13O4. The molecule has 0 radical (unpaired) electrons. The van der Waals surface area contributed by atoms with Gasteiger partial charge in [-0.25, -0.2) is 4.98 Å². The zero-order valence-electron chi connectivity index (χ0n) is 38.2. The van der Waals surface area contributed by atoms with E-state index in [1.165, 1.54) is 18.3 Å². The fraction of sp³-hybridized carbons (Fsp3) is 0.417. The number of H-pyrrole nitrogens is 1. The van der Waals surface area contributed by atoms with Crippen molar-refractivity contribution < 1.29 is 19.4 Å². The van der Waals surface area contributed by atoms with Gasteiger partial charge in [-0.3, -0.25) is 14.6 Å². The average molecular weight is 953 g/mol. The lowest BCUT2D eigenvalue weighted by Gasteiger charge is -2.34. The molecule has 1 fully saturated rings. The molecule has 2 aliphatic rings. The number of imidazole rings is 1. The molecule has 4 aromatic carbocycles. The van der Waals surface area contributed by atoms with Crippen molar-refractivity contribution in [2.45, 2.75) is 44.9 Å². The van der Waals surface area contributed by atoms with E-state index < -0.39 is 5.97 Å². The van der Waals surface area contributed by atoms with Crippen LogP contribution in [0.4, 0.5) is 17.1 Å². The minimum absolute atomic E-state index is 0.0345. The number of carbonyl (C=O) groups excluding carboxylic acids is 1. The number of anilines is 2. The minimum atomic E-state index is -0.743. The Morgan fingerprint density at radius 3 is 2.37 bits per heavy atom. The fourth-order valence-corrected chi connectivity index (χ4v) is 7.91. The second-order valence-corrected chi connectivity index (χ2v) is 16.6. The maximum Gasteiger partial charge on any atom is 0.303 e. The van der Waals surface area contributed by atoms with Gasteiger partial charge in [0, 0.05) is 117 Å². The molecule has 0 spiro atoms. The van der Waals surface area contributed by atoms with Gasteiger partial charge in [-0.05, 0) is 115 Å². The molecule has 1 aromatic heterocycles. The topological polar surface area (TPSA) is 224 Å². The summed E-state index contributed by atoms with van der Waals surface area (Å²) in [5.74, 6) is 1.86. The highest BCUT2D eigenvalue weighted by Gasteiger charge is 2.21. The van der Waals surface area contributed by atoms with Crippen molar-refractivity contribution in [2.24, 2.45) is 15.2 Å². The van der Waals surface area contributed by atoms with E-state index in [0.29, 0.717) is 57.1 Å². The number of ether oxygens (including phenoxy) is 1. The van der Waals surface area contributed by atoms with Crippen LogP contribution >= 0.6 is 23.2 Å². The molecule has 0 atom stereocenters. The number of hydrogen-bond acceptors (Lipinski definition) is 10. The zero-order valence-corrected chi connectivity index (χ0v) is 39.7. The number of likely N-dealkylation sites (N-methyl/N-ethyl adjacent to an activating group) is 1. The van der Waals surface area contributed by atoms with Crippen LogP contribution in [0.2, 0.25) is 0 Å². The number of carboxylic acids is 1.